The molecule has 8 heteroatoms. The van der Waals surface area contributed by atoms with Gasteiger partial charge in [-0.1, -0.05) is 35.5 Å². The average Bonchev–Trinajstić information content (AvgIpc) is 3.18. The van der Waals surface area contributed by atoms with Crippen LogP contribution in [0.4, 0.5) is 5.82 Å². The second-order valence-corrected chi connectivity index (χ2v) is 6.98. The fraction of sp³-hybridized carbons (Fsp3) is 0.450. The van der Waals surface area contributed by atoms with Crippen LogP contribution in [0, 0.1) is 0 Å². The van der Waals surface area contributed by atoms with Gasteiger partial charge in [0.2, 0.25) is 5.91 Å². The molecule has 0 bridgehead atoms. The van der Waals surface area contributed by atoms with Crippen LogP contribution in [0.5, 0.6) is 0 Å². The standard InChI is InChI=1S/C20H25N7O/c1-2-27-20-18(23-24-27)19(21-15-22-20)26-13-11-25(12-14-26)17(28)10-6-9-16-7-4-3-5-8-16/h3-5,7-8,15H,2,6,9-14H2,1H3. The highest BCUT2D eigenvalue weighted by atomic mass is 16.2. The van der Waals surface area contributed by atoms with E-state index < -0.39 is 0 Å². The molecule has 1 saturated heterocycles. The summed E-state index contributed by atoms with van der Waals surface area (Å²) >= 11 is 0. The highest BCUT2D eigenvalue weighted by molar-refractivity contribution is 5.83. The SMILES string of the molecule is CCn1nnc2c(N3CCN(C(=O)CCCc4ccccc4)CC3)ncnc21. The molecule has 0 atom stereocenters. The first-order valence-electron chi connectivity index (χ1n) is 9.87. The molecule has 1 fully saturated rings. The van der Waals surface area contributed by atoms with E-state index in [1.54, 1.807) is 11.0 Å². The molecule has 0 N–H and O–H groups in total. The van der Waals surface area contributed by atoms with Gasteiger partial charge in [0.1, 0.15) is 6.33 Å². The summed E-state index contributed by atoms with van der Waals surface area (Å²) in [5.41, 5.74) is 2.77. The molecule has 1 aromatic carbocycles. The lowest BCUT2D eigenvalue weighted by molar-refractivity contribution is -0.131. The van der Waals surface area contributed by atoms with E-state index in [0.717, 1.165) is 49.5 Å². The van der Waals surface area contributed by atoms with Gasteiger partial charge in [-0.05, 0) is 25.3 Å². The van der Waals surface area contributed by atoms with Crippen molar-refractivity contribution in [3.63, 3.8) is 0 Å². The molecule has 3 heterocycles. The van der Waals surface area contributed by atoms with Gasteiger partial charge in [-0.3, -0.25) is 4.79 Å². The van der Waals surface area contributed by atoms with Crippen LogP contribution in [0.15, 0.2) is 36.7 Å². The van der Waals surface area contributed by atoms with Crippen molar-refractivity contribution in [2.75, 3.05) is 31.1 Å². The summed E-state index contributed by atoms with van der Waals surface area (Å²) in [4.78, 5) is 25.4. The largest absolute Gasteiger partial charge is 0.351 e. The number of hydrogen-bond donors (Lipinski definition) is 0. The Kier molecular flexibility index (Phi) is 5.45. The zero-order valence-electron chi connectivity index (χ0n) is 16.2. The second-order valence-electron chi connectivity index (χ2n) is 6.98. The Morgan fingerprint density at radius 2 is 1.86 bits per heavy atom. The molecule has 8 nitrogen and oxygen atoms in total. The van der Waals surface area contributed by atoms with Gasteiger partial charge >= 0.3 is 0 Å². The van der Waals surface area contributed by atoms with E-state index in [0.29, 0.717) is 19.5 Å². The van der Waals surface area contributed by atoms with Gasteiger partial charge in [-0.25, -0.2) is 14.6 Å². The fourth-order valence-corrected chi connectivity index (χ4v) is 3.64. The van der Waals surface area contributed by atoms with Crippen LogP contribution in [-0.2, 0) is 17.8 Å². The van der Waals surface area contributed by atoms with E-state index in [1.807, 2.05) is 30.0 Å². The number of benzene rings is 1. The Morgan fingerprint density at radius 3 is 2.61 bits per heavy atom. The number of aromatic nitrogens is 5. The van der Waals surface area contributed by atoms with Gasteiger partial charge < -0.3 is 9.80 Å². The number of carbonyl (C=O) groups is 1. The molecule has 146 valence electrons. The summed E-state index contributed by atoms with van der Waals surface area (Å²) in [6.07, 6.45) is 3.99. The fourth-order valence-electron chi connectivity index (χ4n) is 3.64. The third-order valence-corrected chi connectivity index (χ3v) is 5.21. The Bertz CT molecular complexity index is 932. The first-order chi connectivity index (χ1) is 13.8. The molecule has 1 amide bonds. The molecule has 3 aromatic rings. The molecule has 1 aliphatic rings. The molecule has 4 rings (SSSR count). The lowest BCUT2D eigenvalue weighted by atomic mass is 10.1. The zero-order chi connectivity index (χ0) is 19.3. The van der Waals surface area contributed by atoms with Crippen LogP contribution in [0.2, 0.25) is 0 Å². The van der Waals surface area contributed by atoms with Crippen molar-refractivity contribution in [3.05, 3.63) is 42.2 Å². The van der Waals surface area contributed by atoms with Crippen molar-refractivity contribution in [1.82, 2.24) is 29.9 Å². The average molecular weight is 379 g/mol. The number of fused-ring (bicyclic) bond motifs is 1. The van der Waals surface area contributed by atoms with Crippen LogP contribution in [0.3, 0.4) is 0 Å². The Balaban J connectivity index is 1.32. The summed E-state index contributed by atoms with van der Waals surface area (Å²) in [5.74, 6) is 1.04. The van der Waals surface area contributed by atoms with Gasteiger partial charge in [0, 0.05) is 39.1 Å². The normalized spacial score (nSPS) is 14.6. The number of anilines is 1. The van der Waals surface area contributed by atoms with E-state index in [-0.39, 0.29) is 5.91 Å². The number of nitrogens with zero attached hydrogens (tertiary/aromatic N) is 7. The maximum absolute atomic E-state index is 12.5. The van der Waals surface area contributed by atoms with Crippen LogP contribution < -0.4 is 4.90 Å². The number of piperazine rings is 1. The predicted molar refractivity (Wildman–Crippen MR) is 107 cm³/mol. The van der Waals surface area contributed by atoms with Crippen molar-refractivity contribution < 1.29 is 4.79 Å². The van der Waals surface area contributed by atoms with Crippen LogP contribution in [0.1, 0.15) is 25.3 Å². The number of amides is 1. The topological polar surface area (TPSA) is 80.0 Å². The first-order valence-corrected chi connectivity index (χ1v) is 9.87. The van der Waals surface area contributed by atoms with Crippen LogP contribution >= 0.6 is 0 Å². The Morgan fingerprint density at radius 1 is 1.07 bits per heavy atom. The Labute approximate surface area is 164 Å². The van der Waals surface area contributed by atoms with Crippen molar-refractivity contribution >= 4 is 22.9 Å². The van der Waals surface area contributed by atoms with Gasteiger partial charge in [0.05, 0.1) is 0 Å². The van der Waals surface area contributed by atoms with E-state index in [9.17, 15) is 4.79 Å². The molecule has 2 aromatic heterocycles. The quantitative estimate of drug-likeness (QED) is 0.651. The number of carbonyl (C=O) groups excluding carboxylic acids is 1. The molecular formula is C20H25N7O. The maximum atomic E-state index is 12.5. The molecule has 0 saturated carbocycles. The van der Waals surface area contributed by atoms with Crippen molar-refractivity contribution in [3.8, 4) is 0 Å². The van der Waals surface area contributed by atoms with Crippen LogP contribution in [0.25, 0.3) is 11.2 Å². The van der Waals surface area contributed by atoms with E-state index >= 15 is 0 Å². The minimum absolute atomic E-state index is 0.236. The van der Waals surface area contributed by atoms with Gasteiger partial charge in [-0.2, -0.15) is 0 Å². The molecule has 0 aliphatic carbocycles. The minimum Gasteiger partial charge on any atom is -0.351 e. The number of hydrogen-bond acceptors (Lipinski definition) is 6. The third-order valence-electron chi connectivity index (χ3n) is 5.21. The number of rotatable bonds is 6. The van der Waals surface area contributed by atoms with Crippen molar-refractivity contribution in [1.29, 1.82) is 0 Å². The predicted octanol–water partition coefficient (Wildman–Crippen LogP) is 1.91. The molecule has 28 heavy (non-hydrogen) atoms. The minimum atomic E-state index is 0.236. The van der Waals surface area contributed by atoms with Gasteiger partial charge in [0.15, 0.2) is 17.0 Å². The van der Waals surface area contributed by atoms with E-state index in [1.165, 1.54) is 5.56 Å². The molecular weight excluding hydrogens is 354 g/mol. The highest BCUT2D eigenvalue weighted by Crippen LogP contribution is 2.22. The van der Waals surface area contributed by atoms with Gasteiger partial charge in [0.25, 0.3) is 0 Å². The second kappa shape index (κ2) is 8.33. The summed E-state index contributed by atoms with van der Waals surface area (Å²) in [6.45, 7) is 5.64. The maximum Gasteiger partial charge on any atom is 0.222 e. The van der Waals surface area contributed by atoms with Crippen molar-refractivity contribution in [2.45, 2.75) is 32.7 Å². The molecule has 1 aliphatic heterocycles. The lowest BCUT2D eigenvalue weighted by Gasteiger charge is -2.35. The molecule has 0 unspecified atom stereocenters. The van der Waals surface area contributed by atoms with Crippen molar-refractivity contribution in [2.24, 2.45) is 0 Å². The monoisotopic (exact) mass is 379 g/mol. The third kappa shape index (κ3) is 3.81. The smallest absolute Gasteiger partial charge is 0.222 e. The first kappa shape index (κ1) is 18.3. The van der Waals surface area contributed by atoms with Crippen LogP contribution in [-0.4, -0.2) is 61.9 Å². The lowest BCUT2D eigenvalue weighted by Crippen LogP contribution is -2.49. The van der Waals surface area contributed by atoms with E-state index in [4.69, 9.17) is 0 Å². The summed E-state index contributed by atoms with van der Waals surface area (Å²) in [5, 5.41) is 8.40. The number of aryl methyl sites for hydroxylation is 2. The Hall–Kier alpha value is -3.03. The zero-order valence-corrected chi connectivity index (χ0v) is 16.2. The summed E-state index contributed by atoms with van der Waals surface area (Å²) in [6, 6.07) is 10.3. The molecule has 0 spiro atoms. The summed E-state index contributed by atoms with van der Waals surface area (Å²) in [7, 11) is 0. The summed E-state index contributed by atoms with van der Waals surface area (Å²) < 4.78 is 1.77. The molecule has 0 radical (unpaired) electrons. The highest BCUT2D eigenvalue weighted by Gasteiger charge is 2.24. The van der Waals surface area contributed by atoms with E-state index in [2.05, 4.69) is 37.3 Å². The van der Waals surface area contributed by atoms with Gasteiger partial charge in [-0.15, -0.1) is 5.10 Å².